The number of hydrogen-bond donors (Lipinski definition) is 4. The van der Waals surface area contributed by atoms with Crippen molar-refractivity contribution in [3.63, 3.8) is 0 Å². The minimum absolute atomic E-state index is 0.230. The molecule has 1 aromatic carbocycles. The molecular formula is C26H38N8O. The highest BCUT2D eigenvalue weighted by atomic mass is 16.5. The van der Waals surface area contributed by atoms with Gasteiger partial charge in [0.15, 0.2) is 11.7 Å². The van der Waals surface area contributed by atoms with Crippen LogP contribution >= 0.6 is 0 Å². The third-order valence-corrected chi connectivity index (χ3v) is 7.88. The molecule has 3 aliphatic heterocycles. The Hall–Kier alpha value is -2.62. The molecule has 4 heterocycles. The van der Waals surface area contributed by atoms with Crippen LogP contribution < -0.4 is 26.6 Å². The Morgan fingerprint density at radius 1 is 1.20 bits per heavy atom. The highest BCUT2D eigenvalue weighted by Crippen LogP contribution is 2.39. The summed E-state index contributed by atoms with van der Waals surface area (Å²) in [6, 6.07) is 9.12. The van der Waals surface area contributed by atoms with Gasteiger partial charge >= 0.3 is 0 Å². The number of benzene rings is 1. The number of rotatable bonds is 5. The number of nitrogens with zero attached hydrogens (tertiary/aromatic N) is 4. The van der Waals surface area contributed by atoms with Crippen LogP contribution in [0.4, 0.5) is 11.5 Å². The molecular weight excluding hydrogens is 440 g/mol. The van der Waals surface area contributed by atoms with E-state index in [9.17, 15) is 0 Å². The van der Waals surface area contributed by atoms with Gasteiger partial charge in [-0.05, 0) is 49.3 Å². The molecule has 2 saturated heterocycles. The van der Waals surface area contributed by atoms with Crippen LogP contribution in [0.25, 0.3) is 0 Å². The molecule has 2 aromatic rings. The van der Waals surface area contributed by atoms with Gasteiger partial charge in [-0.25, -0.2) is 9.67 Å². The first-order valence-corrected chi connectivity index (χ1v) is 13.1. The monoisotopic (exact) mass is 478 g/mol. The van der Waals surface area contributed by atoms with E-state index < -0.39 is 5.79 Å². The third kappa shape index (κ3) is 4.52. The van der Waals surface area contributed by atoms with Gasteiger partial charge in [0.1, 0.15) is 5.82 Å². The lowest BCUT2D eigenvalue weighted by atomic mass is 10.0. The Bertz CT molecular complexity index is 1080. The quantitative estimate of drug-likeness (QED) is 0.523. The van der Waals surface area contributed by atoms with Gasteiger partial charge in [-0.1, -0.05) is 26.0 Å². The van der Waals surface area contributed by atoms with Crippen molar-refractivity contribution < 1.29 is 4.74 Å². The summed E-state index contributed by atoms with van der Waals surface area (Å²) >= 11 is 0. The minimum atomic E-state index is -0.910. The SMILES string of the molecule is CC(C)c1cnn2c1NC(=NC1CCOCC1)NC2(N)Cc1ccc(N2CCNC3(CC3)C2)cc1. The molecule has 6 rings (SSSR count). The lowest BCUT2D eigenvalue weighted by Crippen LogP contribution is -2.64. The maximum Gasteiger partial charge on any atom is 0.200 e. The Morgan fingerprint density at radius 2 is 1.97 bits per heavy atom. The number of guanidine groups is 1. The number of fused-ring (bicyclic) bond motifs is 1. The second-order valence-corrected chi connectivity index (χ2v) is 11.0. The lowest BCUT2D eigenvalue weighted by molar-refractivity contribution is 0.0868. The molecule has 1 spiro atoms. The van der Waals surface area contributed by atoms with E-state index in [4.69, 9.17) is 20.6 Å². The van der Waals surface area contributed by atoms with E-state index in [2.05, 4.69) is 59.0 Å². The normalized spacial score (nSPS) is 27.1. The topological polar surface area (TPSA) is 105 Å². The Labute approximate surface area is 207 Å². The molecule has 0 radical (unpaired) electrons. The summed E-state index contributed by atoms with van der Waals surface area (Å²) in [5, 5.41) is 15.4. The molecule has 5 N–H and O–H groups in total. The number of aliphatic imine (C=N–C) groups is 1. The van der Waals surface area contributed by atoms with Crippen LogP contribution in [0.3, 0.4) is 0 Å². The number of ether oxygens (including phenoxy) is 1. The van der Waals surface area contributed by atoms with Crippen LogP contribution in [-0.4, -0.2) is 60.2 Å². The van der Waals surface area contributed by atoms with Crippen molar-refractivity contribution in [2.75, 3.05) is 43.1 Å². The fourth-order valence-electron chi connectivity index (χ4n) is 5.59. The lowest BCUT2D eigenvalue weighted by Gasteiger charge is -2.39. The van der Waals surface area contributed by atoms with Crippen molar-refractivity contribution in [2.45, 2.75) is 69.2 Å². The summed E-state index contributed by atoms with van der Waals surface area (Å²) < 4.78 is 7.41. The van der Waals surface area contributed by atoms with E-state index in [1.165, 1.54) is 24.1 Å². The van der Waals surface area contributed by atoms with E-state index in [0.717, 1.165) is 63.0 Å². The smallest absolute Gasteiger partial charge is 0.200 e. The van der Waals surface area contributed by atoms with E-state index in [-0.39, 0.29) is 6.04 Å². The molecule has 3 fully saturated rings. The third-order valence-electron chi connectivity index (χ3n) is 7.88. The number of nitrogens with one attached hydrogen (secondary N) is 3. The summed E-state index contributed by atoms with van der Waals surface area (Å²) in [7, 11) is 0. The van der Waals surface area contributed by atoms with Crippen molar-refractivity contribution in [1.82, 2.24) is 20.4 Å². The average Bonchev–Trinajstić information content (AvgIpc) is 3.43. The molecule has 9 nitrogen and oxygen atoms in total. The maximum absolute atomic E-state index is 7.06. The van der Waals surface area contributed by atoms with E-state index in [1.807, 2.05) is 10.9 Å². The van der Waals surface area contributed by atoms with Gasteiger partial charge in [0.05, 0.1) is 12.2 Å². The number of piperazine rings is 1. The van der Waals surface area contributed by atoms with E-state index in [1.54, 1.807) is 0 Å². The van der Waals surface area contributed by atoms with Crippen LogP contribution in [0.5, 0.6) is 0 Å². The Kier molecular flexibility index (Phi) is 5.74. The summed E-state index contributed by atoms with van der Waals surface area (Å²) in [6.07, 6.45) is 6.96. The van der Waals surface area contributed by atoms with Crippen molar-refractivity contribution in [3.8, 4) is 0 Å². The first-order chi connectivity index (χ1) is 16.9. The van der Waals surface area contributed by atoms with Gasteiger partial charge in [0.2, 0.25) is 0 Å². The summed E-state index contributed by atoms with van der Waals surface area (Å²) in [6.45, 7) is 9.07. The molecule has 1 atom stereocenters. The van der Waals surface area contributed by atoms with Crippen molar-refractivity contribution >= 4 is 17.5 Å². The van der Waals surface area contributed by atoms with E-state index in [0.29, 0.717) is 17.9 Å². The number of nitrogens with two attached hydrogens (primary N) is 1. The molecule has 1 aliphatic carbocycles. The molecule has 1 unspecified atom stereocenters. The molecule has 1 aromatic heterocycles. The fraction of sp³-hybridized carbons (Fsp3) is 0.615. The Morgan fingerprint density at radius 3 is 2.69 bits per heavy atom. The van der Waals surface area contributed by atoms with E-state index >= 15 is 0 Å². The van der Waals surface area contributed by atoms with Crippen molar-refractivity contribution in [3.05, 3.63) is 41.6 Å². The van der Waals surface area contributed by atoms with Gasteiger partial charge in [0, 0.05) is 56.1 Å². The first kappa shape index (κ1) is 22.8. The Balaban J connectivity index is 1.25. The standard InChI is InChI=1S/C26H38N8O/c1-18(2)22-16-29-34-23(22)31-24(30-20-7-13-35-14-8-20)32-26(34,27)15-19-3-5-21(6-4-19)33-12-11-28-25(17-33)9-10-25/h3-6,16,18,20,28H,7-15,17,27H2,1-2H3,(H2,30,31,32). The summed E-state index contributed by atoms with van der Waals surface area (Å²) in [4.78, 5) is 7.49. The van der Waals surface area contributed by atoms with Gasteiger partial charge in [0.25, 0.3) is 0 Å². The molecule has 0 bridgehead atoms. The maximum atomic E-state index is 7.06. The highest BCUT2D eigenvalue weighted by molar-refractivity contribution is 5.95. The number of anilines is 2. The zero-order valence-corrected chi connectivity index (χ0v) is 20.9. The molecule has 9 heteroatoms. The predicted octanol–water partition coefficient (Wildman–Crippen LogP) is 2.31. The van der Waals surface area contributed by atoms with Crippen molar-refractivity contribution in [1.29, 1.82) is 0 Å². The largest absolute Gasteiger partial charge is 0.381 e. The van der Waals surface area contributed by atoms with Crippen LogP contribution in [0.2, 0.25) is 0 Å². The number of hydrogen-bond acceptors (Lipinski definition) is 6. The van der Waals surface area contributed by atoms with Crippen LogP contribution in [0, 0.1) is 0 Å². The van der Waals surface area contributed by atoms with Gasteiger partial charge < -0.3 is 25.6 Å². The average molecular weight is 479 g/mol. The second kappa shape index (κ2) is 8.80. The second-order valence-electron chi connectivity index (χ2n) is 11.0. The van der Waals surface area contributed by atoms with Gasteiger partial charge in [-0.2, -0.15) is 5.10 Å². The molecule has 4 aliphatic rings. The van der Waals surface area contributed by atoms with Crippen molar-refractivity contribution in [2.24, 2.45) is 10.7 Å². The highest BCUT2D eigenvalue weighted by Gasteiger charge is 2.45. The molecule has 188 valence electrons. The number of aromatic nitrogens is 2. The molecule has 35 heavy (non-hydrogen) atoms. The zero-order valence-electron chi connectivity index (χ0n) is 20.9. The summed E-state index contributed by atoms with van der Waals surface area (Å²) in [5.74, 6) is 1.07. The van der Waals surface area contributed by atoms with Gasteiger partial charge in [-0.3, -0.25) is 5.73 Å². The zero-order chi connectivity index (χ0) is 24.0. The van der Waals surface area contributed by atoms with Crippen LogP contribution in [-0.2, 0) is 16.9 Å². The predicted molar refractivity (Wildman–Crippen MR) is 139 cm³/mol. The van der Waals surface area contributed by atoms with Crippen LogP contribution in [0.15, 0.2) is 35.5 Å². The fourth-order valence-corrected chi connectivity index (χ4v) is 5.59. The minimum Gasteiger partial charge on any atom is -0.381 e. The van der Waals surface area contributed by atoms with Crippen LogP contribution in [0.1, 0.15) is 56.6 Å². The molecule has 1 saturated carbocycles. The molecule has 0 amide bonds. The van der Waals surface area contributed by atoms with Gasteiger partial charge in [-0.15, -0.1) is 0 Å². The first-order valence-electron chi connectivity index (χ1n) is 13.1. The summed E-state index contributed by atoms with van der Waals surface area (Å²) in [5.41, 5.74) is 11.0.